The summed E-state index contributed by atoms with van der Waals surface area (Å²) < 4.78 is 37.8. The SMILES string of the molecule is CCOC(=O)C[C@H](NC(=O)OC(C)(C)C)c1cc(B2OC(C)(C)C(C)(C)O2)cc(C)c1F. The minimum atomic E-state index is -0.995. The molecule has 178 valence electrons. The van der Waals surface area contributed by atoms with Crippen LogP contribution in [0.1, 0.15) is 79.0 Å². The fourth-order valence-electron chi connectivity index (χ4n) is 3.27. The predicted molar refractivity (Wildman–Crippen MR) is 120 cm³/mol. The molecule has 0 aliphatic carbocycles. The number of alkyl carbamates (subject to hydrolysis) is 1. The molecule has 0 saturated carbocycles. The first kappa shape index (κ1) is 26.1. The van der Waals surface area contributed by atoms with Crippen LogP contribution in [0.25, 0.3) is 0 Å². The van der Waals surface area contributed by atoms with E-state index in [1.54, 1.807) is 46.8 Å². The Balaban J connectivity index is 2.43. The van der Waals surface area contributed by atoms with Crippen LogP contribution in [0.15, 0.2) is 12.1 Å². The number of amides is 1. The van der Waals surface area contributed by atoms with Crippen LogP contribution in [0.4, 0.5) is 9.18 Å². The largest absolute Gasteiger partial charge is 0.494 e. The quantitative estimate of drug-likeness (QED) is 0.521. The molecule has 1 fully saturated rings. The van der Waals surface area contributed by atoms with Crippen molar-refractivity contribution in [1.82, 2.24) is 5.32 Å². The van der Waals surface area contributed by atoms with E-state index in [1.807, 2.05) is 27.7 Å². The van der Waals surface area contributed by atoms with Gasteiger partial charge in [-0.15, -0.1) is 0 Å². The summed E-state index contributed by atoms with van der Waals surface area (Å²) in [5, 5.41) is 2.61. The Morgan fingerprint density at radius 2 is 1.72 bits per heavy atom. The van der Waals surface area contributed by atoms with Crippen molar-refractivity contribution in [2.24, 2.45) is 0 Å². The molecule has 7 nitrogen and oxygen atoms in total. The van der Waals surface area contributed by atoms with E-state index in [2.05, 4.69) is 5.32 Å². The molecule has 1 atom stereocenters. The van der Waals surface area contributed by atoms with Gasteiger partial charge in [-0.2, -0.15) is 0 Å². The molecule has 0 radical (unpaired) electrons. The van der Waals surface area contributed by atoms with Crippen LogP contribution in [0, 0.1) is 12.7 Å². The summed E-state index contributed by atoms with van der Waals surface area (Å²) in [5.74, 6) is -1.10. The van der Waals surface area contributed by atoms with E-state index in [1.165, 1.54) is 0 Å². The van der Waals surface area contributed by atoms with Crippen LogP contribution in [-0.4, -0.2) is 42.6 Å². The highest BCUT2D eigenvalue weighted by atomic mass is 19.1. The Kier molecular flexibility index (Phi) is 7.67. The van der Waals surface area contributed by atoms with Gasteiger partial charge >= 0.3 is 19.2 Å². The molecule has 1 aliphatic rings. The summed E-state index contributed by atoms with van der Waals surface area (Å²) in [5.41, 5.74) is -0.825. The summed E-state index contributed by atoms with van der Waals surface area (Å²) in [4.78, 5) is 24.6. The van der Waals surface area contributed by atoms with Crippen LogP contribution < -0.4 is 10.8 Å². The Labute approximate surface area is 190 Å². The molecule has 0 spiro atoms. The van der Waals surface area contributed by atoms with Gasteiger partial charge in [-0.3, -0.25) is 4.79 Å². The first-order chi connectivity index (χ1) is 14.6. The van der Waals surface area contributed by atoms with Gasteiger partial charge < -0.3 is 24.1 Å². The lowest BCUT2D eigenvalue weighted by molar-refractivity contribution is -0.143. The van der Waals surface area contributed by atoms with Crippen LogP contribution in [0.5, 0.6) is 0 Å². The second-order valence-corrected chi connectivity index (χ2v) is 10.0. The fraction of sp³-hybridized carbons (Fsp3) is 0.652. The lowest BCUT2D eigenvalue weighted by Crippen LogP contribution is -2.41. The van der Waals surface area contributed by atoms with Crippen LogP contribution in [0.2, 0.25) is 0 Å². The van der Waals surface area contributed by atoms with Crippen LogP contribution >= 0.6 is 0 Å². The molecule has 0 aromatic heterocycles. The number of hydrogen-bond donors (Lipinski definition) is 1. The fourth-order valence-corrected chi connectivity index (χ4v) is 3.27. The van der Waals surface area contributed by atoms with Gasteiger partial charge in [0.25, 0.3) is 0 Å². The summed E-state index contributed by atoms with van der Waals surface area (Å²) in [6.07, 6.45) is -1.01. The molecule has 2 rings (SSSR count). The van der Waals surface area contributed by atoms with Gasteiger partial charge in [0.05, 0.1) is 30.3 Å². The maximum atomic E-state index is 15.2. The van der Waals surface area contributed by atoms with Crippen LogP contribution in [0.3, 0.4) is 0 Å². The molecular weight excluding hydrogens is 416 g/mol. The Hall–Kier alpha value is -2.13. The zero-order valence-corrected chi connectivity index (χ0v) is 20.6. The van der Waals surface area contributed by atoms with E-state index >= 15 is 4.39 Å². The van der Waals surface area contributed by atoms with Gasteiger partial charge in [-0.05, 0) is 73.3 Å². The molecule has 1 heterocycles. The average Bonchev–Trinajstić information content (AvgIpc) is 2.82. The molecule has 1 N–H and O–H groups in total. The van der Waals surface area contributed by atoms with Crippen molar-refractivity contribution >= 4 is 24.6 Å². The number of hydrogen-bond acceptors (Lipinski definition) is 6. The third kappa shape index (κ3) is 6.22. The first-order valence-corrected chi connectivity index (χ1v) is 10.9. The van der Waals surface area contributed by atoms with E-state index in [-0.39, 0.29) is 18.6 Å². The highest BCUT2D eigenvalue weighted by molar-refractivity contribution is 6.62. The maximum Gasteiger partial charge on any atom is 0.494 e. The average molecular weight is 451 g/mol. The smallest absolute Gasteiger partial charge is 0.466 e. The Morgan fingerprint density at radius 3 is 2.22 bits per heavy atom. The lowest BCUT2D eigenvalue weighted by atomic mass is 9.76. The zero-order valence-electron chi connectivity index (χ0n) is 20.6. The third-order valence-electron chi connectivity index (χ3n) is 5.57. The summed E-state index contributed by atoms with van der Waals surface area (Å²) in [6.45, 7) is 16.3. The molecule has 1 amide bonds. The summed E-state index contributed by atoms with van der Waals surface area (Å²) in [7, 11) is -0.720. The highest BCUT2D eigenvalue weighted by Gasteiger charge is 2.52. The molecule has 1 aromatic carbocycles. The predicted octanol–water partition coefficient (Wildman–Crippen LogP) is 3.95. The molecule has 1 aromatic rings. The van der Waals surface area contributed by atoms with Gasteiger partial charge in [0.1, 0.15) is 11.4 Å². The van der Waals surface area contributed by atoms with Crippen molar-refractivity contribution in [1.29, 1.82) is 0 Å². The van der Waals surface area contributed by atoms with E-state index in [0.29, 0.717) is 11.0 Å². The van der Waals surface area contributed by atoms with Crippen molar-refractivity contribution in [3.63, 3.8) is 0 Å². The van der Waals surface area contributed by atoms with Gasteiger partial charge in [0, 0.05) is 5.56 Å². The van der Waals surface area contributed by atoms with E-state index in [4.69, 9.17) is 18.8 Å². The summed E-state index contributed by atoms with van der Waals surface area (Å²) in [6, 6.07) is 2.21. The van der Waals surface area contributed by atoms with Crippen LogP contribution in [-0.2, 0) is 23.6 Å². The van der Waals surface area contributed by atoms with E-state index < -0.39 is 47.8 Å². The monoisotopic (exact) mass is 451 g/mol. The van der Waals surface area contributed by atoms with Crippen molar-refractivity contribution in [3.05, 3.63) is 29.1 Å². The maximum absolute atomic E-state index is 15.2. The molecule has 9 heteroatoms. The molecule has 1 aliphatic heterocycles. The summed E-state index contributed by atoms with van der Waals surface area (Å²) >= 11 is 0. The van der Waals surface area contributed by atoms with Crippen molar-refractivity contribution in [2.75, 3.05) is 6.61 Å². The topological polar surface area (TPSA) is 83.1 Å². The second-order valence-electron chi connectivity index (χ2n) is 10.0. The standard InChI is InChI=1S/C23H35BFNO6/c1-10-29-18(27)13-17(26-20(28)30-21(3,4)5)16-12-15(11-14(2)19(16)25)24-31-22(6,7)23(8,9)32-24/h11-12,17H,10,13H2,1-9H3,(H,26,28)/t17-/m0/s1. The molecule has 1 saturated heterocycles. The molecular formula is C23H35BFNO6. The zero-order chi connectivity index (χ0) is 24.5. The number of carbonyl (C=O) groups excluding carboxylic acids is 2. The van der Waals surface area contributed by atoms with Gasteiger partial charge in [0.2, 0.25) is 0 Å². The van der Waals surface area contributed by atoms with Gasteiger partial charge in [0.15, 0.2) is 0 Å². The second kappa shape index (κ2) is 9.39. The normalized spacial score (nSPS) is 18.2. The number of aryl methyl sites for hydroxylation is 1. The van der Waals surface area contributed by atoms with E-state index in [0.717, 1.165) is 0 Å². The van der Waals surface area contributed by atoms with Crippen molar-refractivity contribution in [2.45, 2.75) is 91.6 Å². The molecule has 0 bridgehead atoms. The van der Waals surface area contributed by atoms with Gasteiger partial charge in [-0.1, -0.05) is 12.1 Å². The van der Waals surface area contributed by atoms with E-state index in [9.17, 15) is 9.59 Å². The number of esters is 1. The van der Waals surface area contributed by atoms with Gasteiger partial charge in [-0.25, -0.2) is 9.18 Å². The van der Waals surface area contributed by atoms with Crippen molar-refractivity contribution < 1.29 is 32.8 Å². The number of rotatable bonds is 6. The minimum absolute atomic E-state index is 0.133. The number of ether oxygens (including phenoxy) is 2. The first-order valence-electron chi connectivity index (χ1n) is 10.9. The Bertz CT molecular complexity index is 849. The third-order valence-corrected chi connectivity index (χ3v) is 5.57. The minimum Gasteiger partial charge on any atom is -0.466 e. The number of nitrogens with one attached hydrogen (secondary N) is 1. The van der Waals surface area contributed by atoms with Crippen molar-refractivity contribution in [3.8, 4) is 0 Å². The molecule has 32 heavy (non-hydrogen) atoms. The number of benzene rings is 1. The Morgan fingerprint density at radius 1 is 1.16 bits per heavy atom. The lowest BCUT2D eigenvalue weighted by Gasteiger charge is -2.32. The number of halogens is 1. The number of carbonyl (C=O) groups is 2. The molecule has 0 unspecified atom stereocenters. The highest BCUT2D eigenvalue weighted by Crippen LogP contribution is 2.37.